The lowest BCUT2D eigenvalue weighted by atomic mass is 10.2. The molecule has 0 aromatic carbocycles. The summed E-state index contributed by atoms with van der Waals surface area (Å²) in [6.07, 6.45) is 2.54. The zero-order valence-electron chi connectivity index (χ0n) is 11.3. The molecule has 5 nitrogen and oxygen atoms in total. The van der Waals surface area contributed by atoms with Gasteiger partial charge in [0, 0.05) is 25.7 Å². The van der Waals surface area contributed by atoms with Crippen molar-refractivity contribution < 1.29 is 13.2 Å². The number of carbonyl (C=O) groups excluding carboxylic acids is 1. The molecule has 1 N–H and O–H groups in total. The molecule has 0 aromatic heterocycles. The first-order valence-electron chi connectivity index (χ1n) is 6.67. The average molecular weight is 276 g/mol. The van der Waals surface area contributed by atoms with Crippen LogP contribution in [0.2, 0.25) is 0 Å². The Kier molecular flexibility index (Phi) is 6.08. The molecule has 0 aliphatic carbocycles. The molecule has 0 radical (unpaired) electrons. The van der Waals surface area contributed by atoms with Crippen molar-refractivity contribution in [2.45, 2.75) is 39.2 Å². The van der Waals surface area contributed by atoms with Crippen molar-refractivity contribution in [1.82, 2.24) is 10.2 Å². The molecule has 1 atom stereocenters. The lowest BCUT2D eigenvalue weighted by Gasteiger charge is -2.33. The third-order valence-electron chi connectivity index (χ3n) is 3.22. The van der Waals surface area contributed by atoms with Crippen LogP contribution >= 0.6 is 0 Å². The van der Waals surface area contributed by atoms with E-state index in [-0.39, 0.29) is 23.5 Å². The van der Waals surface area contributed by atoms with Crippen LogP contribution in [-0.4, -0.2) is 56.4 Å². The quantitative estimate of drug-likeness (QED) is 0.714. The van der Waals surface area contributed by atoms with Crippen LogP contribution in [0.3, 0.4) is 0 Å². The number of piperazine rings is 1. The minimum Gasteiger partial charge on any atom is -0.337 e. The number of nitrogens with zero attached hydrogens (tertiary/aromatic N) is 1. The number of unbranched alkanes of at least 4 members (excludes halogenated alkanes) is 2. The summed E-state index contributed by atoms with van der Waals surface area (Å²) in [5.74, 6) is -0.450. The fourth-order valence-electron chi connectivity index (χ4n) is 2.13. The zero-order chi connectivity index (χ0) is 13.6. The van der Waals surface area contributed by atoms with Gasteiger partial charge in [-0.3, -0.25) is 4.79 Å². The van der Waals surface area contributed by atoms with E-state index in [0.717, 1.165) is 25.9 Å². The van der Waals surface area contributed by atoms with E-state index < -0.39 is 9.84 Å². The van der Waals surface area contributed by atoms with Gasteiger partial charge >= 0.3 is 0 Å². The average Bonchev–Trinajstić information content (AvgIpc) is 2.29. The van der Waals surface area contributed by atoms with Crippen molar-refractivity contribution in [3.05, 3.63) is 0 Å². The van der Waals surface area contributed by atoms with Crippen LogP contribution in [0.4, 0.5) is 0 Å². The van der Waals surface area contributed by atoms with Gasteiger partial charge in [-0.15, -0.1) is 0 Å². The molecular weight excluding hydrogens is 252 g/mol. The predicted molar refractivity (Wildman–Crippen MR) is 72.2 cm³/mol. The zero-order valence-corrected chi connectivity index (χ0v) is 12.1. The van der Waals surface area contributed by atoms with Gasteiger partial charge < -0.3 is 10.2 Å². The van der Waals surface area contributed by atoms with E-state index in [4.69, 9.17) is 0 Å². The van der Waals surface area contributed by atoms with Crippen LogP contribution in [0.15, 0.2) is 0 Å². The molecule has 0 saturated carbocycles. The van der Waals surface area contributed by atoms with Crippen molar-refractivity contribution in [2.75, 3.05) is 31.1 Å². The monoisotopic (exact) mass is 276 g/mol. The van der Waals surface area contributed by atoms with Gasteiger partial charge in [0.2, 0.25) is 5.91 Å². The number of hydrogen-bond donors (Lipinski definition) is 1. The third-order valence-corrected chi connectivity index (χ3v) is 4.82. The summed E-state index contributed by atoms with van der Waals surface area (Å²) in [5.41, 5.74) is 0. The Morgan fingerprint density at radius 3 is 2.72 bits per heavy atom. The summed E-state index contributed by atoms with van der Waals surface area (Å²) >= 11 is 0. The van der Waals surface area contributed by atoms with E-state index in [0.29, 0.717) is 13.0 Å². The van der Waals surface area contributed by atoms with Gasteiger partial charge in [-0.25, -0.2) is 8.42 Å². The number of sulfone groups is 1. The highest BCUT2D eigenvalue weighted by Crippen LogP contribution is 2.06. The molecule has 1 heterocycles. The van der Waals surface area contributed by atoms with Gasteiger partial charge in [-0.1, -0.05) is 19.8 Å². The standard InChI is InChI=1S/C12H24N2O3S/c1-3-4-5-8-18(16,17)10-12(15)14-7-6-13-9-11(14)2/h11,13H,3-10H2,1-2H3. The summed E-state index contributed by atoms with van der Waals surface area (Å²) < 4.78 is 23.6. The second-order valence-corrected chi connectivity index (χ2v) is 7.12. The second kappa shape index (κ2) is 7.09. The molecule has 1 amide bonds. The normalized spacial score (nSPS) is 21.0. The highest BCUT2D eigenvalue weighted by Gasteiger charge is 2.26. The SMILES string of the molecule is CCCCCS(=O)(=O)CC(=O)N1CCNCC1C. The lowest BCUT2D eigenvalue weighted by Crippen LogP contribution is -2.53. The Hall–Kier alpha value is -0.620. The first kappa shape index (κ1) is 15.4. The van der Waals surface area contributed by atoms with Crippen molar-refractivity contribution in [3.8, 4) is 0 Å². The number of amides is 1. The van der Waals surface area contributed by atoms with Crippen molar-refractivity contribution in [2.24, 2.45) is 0 Å². The van der Waals surface area contributed by atoms with Gasteiger partial charge in [0.05, 0.1) is 5.75 Å². The summed E-state index contributed by atoms with van der Waals surface area (Å²) in [6, 6.07) is 0.0806. The van der Waals surface area contributed by atoms with Crippen LogP contribution in [-0.2, 0) is 14.6 Å². The highest BCUT2D eigenvalue weighted by molar-refractivity contribution is 7.92. The minimum atomic E-state index is -3.24. The molecule has 6 heteroatoms. The lowest BCUT2D eigenvalue weighted by molar-refractivity contribution is -0.131. The molecule has 1 rings (SSSR count). The van der Waals surface area contributed by atoms with Gasteiger partial charge in [-0.05, 0) is 13.3 Å². The summed E-state index contributed by atoms with van der Waals surface area (Å²) in [7, 11) is -3.24. The van der Waals surface area contributed by atoms with Gasteiger partial charge in [0.15, 0.2) is 9.84 Å². The van der Waals surface area contributed by atoms with E-state index >= 15 is 0 Å². The molecule has 1 fully saturated rings. The van der Waals surface area contributed by atoms with Crippen molar-refractivity contribution in [3.63, 3.8) is 0 Å². The second-order valence-electron chi connectivity index (χ2n) is 4.94. The van der Waals surface area contributed by atoms with Crippen LogP contribution in [0.1, 0.15) is 33.1 Å². The molecule has 1 aliphatic heterocycles. The van der Waals surface area contributed by atoms with E-state index in [1.165, 1.54) is 0 Å². The first-order valence-corrected chi connectivity index (χ1v) is 8.49. The number of rotatable bonds is 6. The molecule has 1 aliphatic rings. The number of carbonyl (C=O) groups is 1. The highest BCUT2D eigenvalue weighted by atomic mass is 32.2. The Balaban J connectivity index is 2.47. The maximum absolute atomic E-state index is 12.0. The molecule has 106 valence electrons. The minimum absolute atomic E-state index is 0.0806. The predicted octanol–water partition coefficient (Wildman–Crippen LogP) is 0.412. The number of nitrogens with one attached hydrogen (secondary N) is 1. The first-order chi connectivity index (χ1) is 8.46. The Morgan fingerprint density at radius 1 is 1.39 bits per heavy atom. The Bertz CT molecular complexity index is 368. The van der Waals surface area contributed by atoms with Crippen LogP contribution in [0.25, 0.3) is 0 Å². The fourth-order valence-corrected chi connectivity index (χ4v) is 3.46. The van der Waals surface area contributed by atoms with E-state index in [1.807, 2.05) is 13.8 Å². The number of hydrogen-bond acceptors (Lipinski definition) is 4. The maximum Gasteiger partial charge on any atom is 0.238 e. The molecular formula is C12H24N2O3S. The topological polar surface area (TPSA) is 66.5 Å². The van der Waals surface area contributed by atoms with E-state index in [2.05, 4.69) is 5.32 Å². The van der Waals surface area contributed by atoms with E-state index in [1.54, 1.807) is 4.90 Å². The van der Waals surface area contributed by atoms with Gasteiger partial charge in [-0.2, -0.15) is 0 Å². The Morgan fingerprint density at radius 2 is 2.11 bits per heavy atom. The van der Waals surface area contributed by atoms with Gasteiger partial charge in [0.25, 0.3) is 0 Å². The smallest absolute Gasteiger partial charge is 0.238 e. The summed E-state index contributed by atoms with van der Waals surface area (Å²) in [6.45, 7) is 6.05. The molecule has 0 aromatic rings. The maximum atomic E-state index is 12.0. The largest absolute Gasteiger partial charge is 0.337 e. The van der Waals surface area contributed by atoms with Gasteiger partial charge in [0.1, 0.15) is 5.75 Å². The molecule has 1 unspecified atom stereocenters. The molecule has 0 bridgehead atoms. The fraction of sp³-hybridized carbons (Fsp3) is 0.917. The molecule has 18 heavy (non-hydrogen) atoms. The third kappa shape index (κ3) is 4.94. The van der Waals surface area contributed by atoms with Crippen molar-refractivity contribution >= 4 is 15.7 Å². The summed E-state index contributed by atoms with van der Waals surface area (Å²) in [5, 5.41) is 3.18. The van der Waals surface area contributed by atoms with Crippen LogP contribution in [0.5, 0.6) is 0 Å². The van der Waals surface area contributed by atoms with E-state index in [9.17, 15) is 13.2 Å². The Labute approximate surface area is 110 Å². The van der Waals surface area contributed by atoms with Crippen molar-refractivity contribution in [1.29, 1.82) is 0 Å². The summed E-state index contributed by atoms with van der Waals surface area (Å²) in [4.78, 5) is 13.7. The van der Waals surface area contributed by atoms with Crippen LogP contribution in [0, 0.1) is 0 Å². The molecule has 1 saturated heterocycles. The molecule has 0 spiro atoms. The van der Waals surface area contributed by atoms with Crippen LogP contribution < -0.4 is 5.32 Å².